The lowest BCUT2D eigenvalue weighted by Crippen LogP contribution is -2.35. The van der Waals surface area contributed by atoms with Crippen LogP contribution >= 0.6 is 0 Å². The van der Waals surface area contributed by atoms with Crippen molar-refractivity contribution in [3.05, 3.63) is 36.2 Å². The smallest absolute Gasteiger partial charge is 0.230 e. The van der Waals surface area contributed by atoms with Crippen LogP contribution in [0, 0.1) is 12.8 Å². The SMILES string of the molecule is Cc1cccnc1OCC1CCN(Cc2nnco2)CC1. The summed E-state index contributed by atoms with van der Waals surface area (Å²) in [5.41, 5.74) is 1.09. The molecule has 6 heteroatoms. The number of aryl methyl sites for hydroxylation is 1. The highest BCUT2D eigenvalue weighted by Crippen LogP contribution is 2.20. The molecule has 0 N–H and O–H groups in total. The fourth-order valence-corrected chi connectivity index (χ4v) is 2.59. The van der Waals surface area contributed by atoms with Gasteiger partial charge in [-0.3, -0.25) is 4.90 Å². The lowest BCUT2D eigenvalue weighted by molar-refractivity contribution is 0.127. The summed E-state index contributed by atoms with van der Waals surface area (Å²) in [6.45, 7) is 5.59. The van der Waals surface area contributed by atoms with E-state index in [4.69, 9.17) is 9.15 Å². The normalized spacial score (nSPS) is 17.0. The molecule has 0 saturated carbocycles. The number of ether oxygens (including phenoxy) is 1. The number of hydrogen-bond donors (Lipinski definition) is 0. The Kier molecular flexibility index (Phi) is 4.45. The van der Waals surface area contributed by atoms with Crippen LogP contribution in [0.3, 0.4) is 0 Å². The van der Waals surface area contributed by atoms with Crippen LogP contribution in [0.15, 0.2) is 29.1 Å². The molecule has 0 radical (unpaired) electrons. The minimum Gasteiger partial charge on any atom is -0.477 e. The molecule has 3 heterocycles. The van der Waals surface area contributed by atoms with E-state index in [-0.39, 0.29) is 0 Å². The molecule has 3 rings (SSSR count). The molecule has 1 aliphatic rings. The van der Waals surface area contributed by atoms with Gasteiger partial charge in [0, 0.05) is 11.8 Å². The molecule has 0 aliphatic carbocycles. The first-order valence-corrected chi connectivity index (χ1v) is 7.33. The van der Waals surface area contributed by atoms with Crippen molar-refractivity contribution in [1.29, 1.82) is 0 Å². The number of piperidine rings is 1. The topological polar surface area (TPSA) is 64.3 Å². The van der Waals surface area contributed by atoms with Gasteiger partial charge in [-0.1, -0.05) is 6.07 Å². The zero-order valence-corrected chi connectivity index (χ0v) is 12.2. The lowest BCUT2D eigenvalue weighted by Gasteiger charge is -2.30. The average molecular weight is 288 g/mol. The molecule has 0 bridgehead atoms. The Hall–Kier alpha value is -1.95. The summed E-state index contributed by atoms with van der Waals surface area (Å²) in [5.74, 6) is 2.03. The van der Waals surface area contributed by atoms with Crippen molar-refractivity contribution in [3.63, 3.8) is 0 Å². The minimum absolute atomic E-state index is 0.588. The Balaban J connectivity index is 1.43. The first-order chi connectivity index (χ1) is 10.3. The van der Waals surface area contributed by atoms with Gasteiger partial charge in [0.15, 0.2) is 0 Å². The first-order valence-electron chi connectivity index (χ1n) is 7.33. The maximum atomic E-state index is 5.85. The van der Waals surface area contributed by atoms with Crippen LogP contribution in [-0.4, -0.2) is 39.8 Å². The predicted molar refractivity (Wildman–Crippen MR) is 76.8 cm³/mol. The highest BCUT2D eigenvalue weighted by Gasteiger charge is 2.21. The summed E-state index contributed by atoms with van der Waals surface area (Å²) in [5, 5.41) is 7.63. The molecule has 0 unspecified atom stereocenters. The Morgan fingerprint density at radius 3 is 2.95 bits per heavy atom. The number of rotatable bonds is 5. The maximum absolute atomic E-state index is 5.85. The third kappa shape index (κ3) is 3.78. The minimum atomic E-state index is 0.588. The van der Waals surface area contributed by atoms with Crippen molar-refractivity contribution < 1.29 is 9.15 Å². The average Bonchev–Trinajstić information content (AvgIpc) is 3.01. The van der Waals surface area contributed by atoms with E-state index in [0.29, 0.717) is 11.8 Å². The highest BCUT2D eigenvalue weighted by molar-refractivity contribution is 5.23. The van der Waals surface area contributed by atoms with E-state index in [1.165, 1.54) is 6.39 Å². The molecule has 2 aromatic rings. The molecule has 6 nitrogen and oxygen atoms in total. The van der Waals surface area contributed by atoms with Gasteiger partial charge in [0.25, 0.3) is 0 Å². The number of pyridine rings is 1. The van der Waals surface area contributed by atoms with Gasteiger partial charge in [0.2, 0.25) is 18.2 Å². The zero-order valence-electron chi connectivity index (χ0n) is 12.2. The van der Waals surface area contributed by atoms with Crippen LogP contribution in [0.5, 0.6) is 5.88 Å². The van der Waals surface area contributed by atoms with E-state index in [1.54, 1.807) is 6.20 Å². The molecule has 1 aliphatic heterocycles. The summed E-state index contributed by atoms with van der Waals surface area (Å²) in [6.07, 6.45) is 5.40. The fourth-order valence-electron chi connectivity index (χ4n) is 2.59. The van der Waals surface area contributed by atoms with Crippen LogP contribution in [0.2, 0.25) is 0 Å². The fraction of sp³-hybridized carbons (Fsp3) is 0.533. The van der Waals surface area contributed by atoms with E-state index < -0.39 is 0 Å². The standard InChI is InChI=1S/C15H20N4O2/c1-12-3-2-6-16-15(12)20-10-13-4-7-19(8-5-13)9-14-18-17-11-21-14/h2-3,6,11,13H,4-5,7-10H2,1H3. The van der Waals surface area contributed by atoms with Gasteiger partial charge >= 0.3 is 0 Å². The summed E-state index contributed by atoms with van der Waals surface area (Å²) in [7, 11) is 0. The van der Waals surface area contributed by atoms with Gasteiger partial charge in [0.05, 0.1) is 13.2 Å². The molecule has 0 aromatic carbocycles. The van der Waals surface area contributed by atoms with E-state index >= 15 is 0 Å². The van der Waals surface area contributed by atoms with Crippen molar-refractivity contribution >= 4 is 0 Å². The van der Waals surface area contributed by atoms with Crippen LogP contribution in [0.4, 0.5) is 0 Å². The van der Waals surface area contributed by atoms with Crippen molar-refractivity contribution in [2.45, 2.75) is 26.3 Å². The predicted octanol–water partition coefficient (Wildman–Crippen LogP) is 2.06. The third-order valence-electron chi connectivity index (χ3n) is 3.89. The maximum Gasteiger partial charge on any atom is 0.230 e. The van der Waals surface area contributed by atoms with Crippen LogP contribution in [0.25, 0.3) is 0 Å². The van der Waals surface area contributed by atoms with Crippen molar-refractivity contribution in [3.8, 4) is 5.88 Å². The van der Waals surface area contributed by atoms with Gasteiger partial charge < -0.3 is 9.15 Å². The molecule has 0 amide bonds. The van der Waals surface area contributed by atoms with Gasteiger partial charge in [-0.2, -0.15) is 0 Å². The quantitative estimate of drug-likeness (QED) is 0.839. The van der Waals surface area contributed by atoms with E-state index in [1.807, 2.05) is 19.1 Å². The molecular formula is C15H20N4O2. The Morgan fingerprint density at radius 2 is 2.24 bits per heavy atom. The second-order valence-electron chi connectivity index (χ2n) is 5.49. The lowest BCUT2D eigenvalue weighted by atomic mass is 9.98. The van der Waals surface area contributed by atoms with Gasteiger partial charge in [-0.25, -0.2) is 4.98 Å². The number of hydrogen-bond acceptors (Lipinski definition) is 6. The van der Waals surface area contributed by atoms with E-state index in [9.17, 15) is 0 Å². The molecule has 0 spiro atoms. The Morgan fingerprint density at radius 1 is 1.38 bits per heavy atom. The molecule has 2 aromatic heterocycles. The Bertz CT molecular complexity index is 551. The van der Waals surface area contributed by atoms with Crippen LogP contribution < -0.4 is 4.74 Å². The third-order valence-corrected chi connectivity index (χ3v) is 3.89. The van der Waals surface area contributed by atoms with Crippen LogP contribution in [-0.2, 0) is 6.54 Å². The highest BCUT2D eigenvalue weighted by atomic mass is 16.5. The molecule has 1 saturated heterocycles. The molecule has 21 heavy (non-hydrogen) atoms. The second kappa shape index (κ2) is 6.67. The van der Waals surface area contributed by atoms with Crippen molar-refractivity contribution in [2.24, 2.45) is 5.92 Å². The van der Waals surface area contributed by atoms with Crippen LogP contribution in [0.1, 0.15) is 24.3 Å². The molecule has 1 fully saturated rings. The van der Waals surface area contributed by atoms with E-state index in [0.717, 1.165) is 50.5 Å². The van der Waals surface area contributed by atoms with Gasteiger partial charge in [-0.15, -0.1) is 10.2 Å². The summed E-state index contributed by atoms with van der Waals surface area (Å²) >= 11 is 0. The van der Waals surface area contributed by atoms with Crippen molar-refractivity contribution in [2.75, 3.05) is 19.7 Å². The van der Waals surface area contributed by atoms with E-state index in [2.05, 4.69) is 20.1 Å². The largest absolute Gasteiger partial charge is 0.477 e. The summed E-state index contributed by atoms with van der Waals surface area (Å²) in [4.78, 5) is 6.61. The summed E-state index contributed by atoms with van der Waals surface area (Å²) in [6, 6.07) is 3.95. The van der Waals surface area contributed by atoms with Gasteiger partial charge in [0.1, 0.15) is 0 Å². The number of nitrogens with zero attached hydrogens (tertiary/aromatic N) is 4. The monoisotopic (exact) mass is 288 g/mol. The number of likely N-dealkylation sites (tertiary alicyclic amines) is 1. The molecule has 0 atom stereocenters. The second-order valence-corrected chi connectivity index (χ2v) is 5.49. The number of aromatic nitrogens is 3. The molecule has 112 valence electrons. The first kappa shape index (κ1) is 14.0. The van der Waals surface area contributed by atoms with Crippen molar-refractivity contribution in [1.82, 2.24) is 20.1 Å². The summed E-state index contributed by atoms with van der Waals surface area (Å²) < 4.78 is 11.0. The zero-order chi connectivity index (χ0) is 14.5. The Labute approximate surface area is 124 Å². The van der Waals surface area contributed by atoms with Gasteiger partial charge in [-0.05, 0) is 44.8 Å². The molecular weight excluding hydrogens is 268 g/mol.